The summed E-state index contributed by atoms with van der Waals surface area (Å²) in [6.07, 6.45) is 3.34. The Morgan fingerprint density at radius 3 is 2.39 bits per heavy atom. The zero-order chi connectivity index (χ0) is 13.0. The van der Waals surface area contributed by atoms with E-state index in [4.69, 9.17) is 15.2 Å². The van der Waals surface area contributed by atoms with Crippen molar-refractivity contribution in [1.29, 1.82) is 0 Å². The highest BCUT2D eigenvalue weighted by Crippen LogP contribution is 2.22. The fourth-order valence-corrected chi connectivity index (χ4v) is 2.73. The largest absolute Gasteiger partial charge is 0.381 e. The lowest BCUT2D eigenvalue weighted by molar-refractivity contribution is -0.140. The fourth-order valence-electron chi connectivity index (χ4n) is 2.73. The molecule has 0 aromatic rings. The van der Waals surface area contributed by atoms with Crippen molar-refractivity contribution in [3.63, 3.8) is 0 Å². The van der Waals surface area contributed by atoms with E-state index >= 15 is 0 Å². The molecule has 0 atom stereocenters. The SMILES string of the molecule is CN(CC1CCOCC1)C(=O)C1(N)CCOCC1. The van der Waals surface area contributed by atoms with E-state index in [-0.39, 0.29) is 5.91 Å². The van der Waals surface area contributed by atoms with Gasteiger partial charge in [0.1, 0.15) is 0 Å². The second-order valence-electron chi connectivity index (χ2n) is 5.51. The molecule has 2 N–H and O–H groups in total. The van der Waals surface area contributed by atoms with Crippen molar-refractivity contribution in [2.75, 3.05) is 40.0 Å². The first-order chi connectivity index (χ1) is 8.62. The first kappa shape index (κ1) is 13.8. The Balaban J connectivity index is 1.86. The van der Waals surface area contributed by atoms with Crippen molar-refractivity contribution in [1.82, 2.24) is 4.90 Å². The molecule has 0 spiro atoms. The smallest absolute Gasteiger partial charge is 0.242 e. The number of hydrogen-bond acceptors (Lipinski definition) is 4. The monoisotopic (exact) mass is 256 g/mol. The summed E-state index contributed by atoms with van der Waals surface area (Å²) in [6, 6.07) is 0. The molecule has 0 aliphatic carbocycles. The molecule has 0 unspecified atom stereocenters. The quantitative estimate of drug-likeness (QED) is 0.793. The summed E-state index contributed by atoms with van der Waals surface area (Å²) in [6.45, 7) is 3.60. The van der Waals surface area contributed by atoms with Crippen LogP contribution in [0.4, 0.5) is 0 Å². The number of nitrogens with zero attached hydrogens (tertiary/aromatic N) is 1. The molecule has 2 aliphatic heterocycles. The van der Waals surface area contributed by atoms with Gasteiger partial charge in [-0.15, -0.1) is 0 Å². The molecule has 1 amide bonds. The van der Waals surface area contributed by atoms with Gasteiger partial charge in [-0.1, -0.05) is 0 Å². The van der Waals surface area contributed by atoms with Crippen LogP contribution in [-0.2, 0) is 14.3 Å². The highest BCUT2D eigenvalue weighted by Gasteiger charge is 2.38. The third kappa shape index (κ3) is 3.22. The normalized spacial score (nSPS) is 24.8. The summed E-state index contributed by atoms with van der Waals surface area (Å²) in [5.41, 5.74) is 5.50. The molecule has 2 saturated heterocycles. The van der Waals surface area contributed by atoms with E-state index in [1.54, 1.807) is 4.90 Å². The predicted molar refractivity (Wildman–Crippen MR) is 68.2 cm³/mol. The van der Waals surface area contributed by atoms with Crippen LogP contribution >= 0.6 is 0 Å². The maximum absolute atomic E-state index is 12.4. The Bertz CT molecular complexity index is 284. The molecule has 2 heterocycles. The zero-order valence-electron chi connectivity index (χ0n) is 11.2. The number of carbonyl (C=O) groups is 1. The number of hydrogen-bond donors (Lipinski definition) is 1. The number of ether oxygens (including phenoxy) is 2. The minimum Gasteiger partial charge on any atom is -0.381 e. The molecule has 5 nitrogen and oxygen atoms in total. The molecular weight excluding hydrogens is 232 g/mol. The van der Waals surface area contributed by atoms with Crippen molar-refractivity contribution < 1.29 is 14.3 Å². The third-order valence-corrected chi connectivity index (χ3v) is 4.03. The van der Waals surface area contributed by atoms with Crippen LogP contribution in [0.1, 0.15) is 25.7 Å². The van der Waals surface area contributed by atoms with E-state index in [9.17, 15) is 4.79 Å². The summed E-state index contributed by atoms with van der Waals surface area (Å²) in [5.74, 6) is 0.619. The van der Waals surface area contributed by atoms with Crippen molar-refractivity contribution in [2.45, 2.75) is 31.2 Å². The average Bonchev–Trinajstić information content (AvgIpc) is 2.40. The van der Waals surface area contributed by atoms with Crippen molar-refractivity contribution in [3.05, 3.63) is 0 Å². The van der Waals surface area contributed by atoms with Crippen LogP contribution < -0.4 is 5.73 Å². The Morgan fingerprint density at radius 1 is 1.22 bits per heavy atom. The molecule has 0 aromatic carbocycles. The van der Waals surface area contributed by atoms with Gasteiger partial charge in [-0.25, -0.2) is 0 Å². The maximum Gasteiger partial charge on any atom is 0.242 e. The Hall–Kier alpha value is -0.650. The summed E-state index contributed by atoms with van der Waals surface area (Å²) < 4.78 is 10.6. The van der Waals surface area contributed by atoms with Gasteiger partial charge >= 0.3 is 0 Å². The Morgan fingerprint density at radius 2 is 1.78 bits per heavy atom. The molecular formula is C13H24N2O3. The van der Waals surface area contributed by atoms with E-state index < -0.39 is 5.54 Å². The Labute approximate surface area is 109 Å². The highest BCUT2D eigenvalue weighted by molar-refractivity contribution is 5.86. The van der Waals surface area contributed by atoms with Crippen LogP contribution in [0.5, 0.6) is 0 Å². The van der Waals surface area contributed by atoms with Gasteiger partial charge in [0.25, 0.3) is 0 Å². The molecule has 2 rings (SSSR count). The lowest BCUT2D eigenvalue weighted by Crippen LogP contribution is -2.57. The second kappa shape index (κ2) is 5.99. The van der Waals surface area contributed by atoms with E-state index in [2.05, 4.69) is 0 Å². The van der Waals surface area contributed by atoms with Gasteiger partial charge in [-0.2, -0.15) is 0 Å². The number of carbonyl (C=O) groups excluding carboxylic acids is 1. The molecule has 5 heteroatoms. The van der Waals surface area contributed by atoms with Gasteiger partial charge in [0.05, 0.1) is 5.54 Å². The average molecular weight is 256 g/mol. The van der Waals surface area contributed by atoms with E-state index in [1.807, 2.05) is 7.05 Å². The van der Waals surface area contributed by atoms with Gasteiger partial charge in [0, 0.05) is 40.0 Å². The van der Waals surface area contributed by atoms with Gasteiger partial charge in [0.2, 0.25) is 5.91 Å². The van der Waals surface area contributed by atoms with Gasteiger partial charge in [0.15, 0.2) is 0 Å². The molecule has 0 bridgehead atoms. The lowest BCUT2D eigenvalue weighted by atomic mass is 9.89. The lowest BCUT2D eigenvalue weighted by Gasteiger charge is -2.37. The van der Waals surface area contributed by atoms with Crippen molar-refractivity contribution >= 4 is 5.91 Å². The van der Waals surface area contributed by atoms with Gasteiger partial charge < -0.3 is 20.1 Å². The molecule has 0 saturated carbocycles. The van der Waals surface area contributed by atoms with Gasteiger partial charge in [-0.05, 0) is 31.6 Å². The second-order valence-corrected chi connectivity index (χ2v) is 5.51. The van der Waals surface area contributed by atoms with E-state index in [1.165, 1.54) is 0 Å². The van der Waals surface area contributed by atoms with Crippen molar-refractivity contribution in [2.24, 2.45) is 11.7 Å². The first-order valence-corrected chi connectivity index (χ1v) is 6.82. The zero-order valence-corrected chi connectivity index (χ0v) is 11.2. The van der Waals surface area contributed by atoms with Crippen LogP contribution in [0.2, 0.25) is 0 Å². The first-order valence-electron chi connectivity index (χ1n) is 6.82. The summed E-state index contributed by atoms with van der Waals surface area (Å²) >= 11 is 0. The van der Waals surface area contributed by atoms with Crippen LogP contribution in [0, 0.1) is 5.92 Å². The molecule has 2 aliphatic rings. The molecule has 18 heavy (non-hydrogen) atoms. The summed E-state index contributed by atoms with van der Waals surface area (Å²) in [4.78, 5) is 14.2. The number of nitrogens with two attached hydrogens (primary N) is 1. The number of rotatable bonds is 3. The van der Waals surface area contributed by atoms with E-state index in [0.717, 1.165) is 32.6 Å². The van der Waals surface area contributed by atoms with Crippen molar-refractivity contribution in [3.8, 4) is 0 Å². The standard InChI is InChI=1S/C13H24N2O3/c1-15(10-11-2-6-17-7-3-11)12(16)13(14)4-8-18-9-5-13/h11H,2-10,14H2,1H3. The molecule has 0 radical (unpaired) electrons. The highest BCUT2D eigenvalue weighted by atomic mass is 16.5. The predicted octanol–water partition coefficient (Wildman–Crippen LogP) is 0.379. The van der Waals surface area contributed by atoms with Crippen LogP contribution in [0.3, 0.4) is 0 Å². The summed E-state index contributed by atoms with van der Waals surface area (Å²) in [7, 11) is 1.86. The van der Waals surface area contributed by atoms with Gasteiger partial charge in [-0.3, -0.25) is 4.79 Å². The van der Waals surface area contributed by atoms with E-state index in [0.29, 0.717) is 32.0 Å². The van der Waals surface area contributed by atoms with Crippen LogP contribution in [0.15, 0.2) is 0 Å². The van der Waals surface area contributed by atoms with Crippen LogP contribution in [-0.4, -0.2) is 56.4 Å². The third-order valence-electron chi connectivity index (χ3n) is 4.03. The molecule has 2 fully saturated rings. The number of likely N-dealkylation sites (N-methyl/N-ethyl adjacent to an activating group) is 1. The Kier molecular flexibility index (Phi) is 4.59. The maximum atomic E-state index is 12.4. The minimum absolute atomic E-state index is 0.0669. The minimum atomic E-state index is -0.710. The summed E-state index contributed by atoms with van der Waals surface area (Å²) in [5, 5.41) is 0. The number of amides is 1. The topological polar surface area (TPSA) is 64.8 Å². The van der Waals surface area contributed by atoms with Crippen LogP contribution in [0.25, 0.3) is 0 Å². The molecule has 0 aromatic heterocycles. The fraction of sp³-hybridized carbons (Fsp3) is 0.923. The molecule has 104 valence electrons.